The van der Waals surface area contributed by atoms with E-state index in [4.69, 9.17) is 16.0 Å². The van der Waals surface area contributed by atoms with Crippen LogP contribution in [0, 0.1) is 0 Å². The molecule has 0 fully saturated rings. The van der Waals surface area contributed by atoms with E-state index in [1.807, 2.05) is 0 Å². The maximum Gasteiger partial charge on any atom is 0.267 e. The molecule has 0 saturated carbocycles. The average molecular weight is 217 g/mol. The fraction of sp³-hybridized carbons (Fsp3) is 0.200. The Morgan fingerprint density at radius 2 is 2.00 bits per heavy atom. The quantitative estimate of drug-likeness (QED) is 0.689. The molecule has 0 amide bonds. The number of benzene rings is 1. The molecule has 1 aromatic carbocycles. The molecule has 0 atom stereocenters. The third-order valence-electron chi connectivity index (χ3n) is 2.05. The first-order valence-corrected chi connectivity index (χ1v) is 4.62. The molecule has 2 rings (SSSR count). The first kappa shape index (κ1) is 9.46. The molecule has 0 aliphatic rings. The Hall–Kier alpha value is -1.09. The number of rotatable bonds is 2. The molecule has 1 aromatic heterocycles. The van der Waals surface area contributed by atoms with E-state index in [0.29, 0.717) is 11.0 Å². The van der Waals surface area contributed by atoms with Crippen molar-refractivity contribution >= 4 is 22.6 Å². The van der Waals surface area contributed by atoms with Crippen LogP contribution in [0.5, 0.6) is 0 Å². The van der Waals surface area contributed by atoms with Crippen LogP contribution in [0.15, 0.2) is 28.7 Å². The lowest BCUT2D eigenvalue weighted by molar-refractivity contribution is 0.150. The number of furan rings is 1. The van der Waals surface area contributed by atoms with Crippen LogP contribution in [0.2, 0.25) is 0 Å². The van der Waals surface area contributed by atoms with Gasteiger partial charge in [-0.2, -0.15) is 0 Å². The predicted molar refractivity (Wildman–Crippen MR) is 50.7 cm³/mol. The first-order chi connectivity index (χ1) is 6.74. The lowest BCUT2D eigenvalue weighted by Crippen LogP contribution is -1.86. The number of hydrogen-bond donors (Lipinski definition) is 0. The van der Waals surface area contributed by atoms with Crippen LogP contribution in [0.1, 0.15) is 17.7 Å². The molecule has 0 radical (unpaired) electrons. The van der Waals surface area contributed by atoms with Crippen LogP contribution in [0.4, 0.5) is 8.78 Å². The van der Waals surface area contributed by atoms with Gasteiger partial charge in [0.2, 0.25) is 0 Å². The summed E-state index contributed by atoms with van der Waals surface area (Å²) in [4.78, 5) is 0. The van der Waals surface area contributed by atoms with E-state index in [1.54, 1.807) is 24.3 Å². The van der Waals surface area contributed by atoms with Crippen LogP contribution >= 0.6 is 11.6 Å². The van der Waals surface area contributed by atoms with Crippen molar-refractivity contribution in [1.29, 1.82) is 0 Å². The van der Waals surface area contributed by atoms with Crippen molar-refractivity contribution in [1.82, 2.24) is 0 Å². The van der Waals surface area contributed by atoms with E-state index in [-0.39, 0.29) is 17.2 Å². The molecule has 74 valence electrons. The second kappa shape index (κ2) is 3.58. The van der Waals surface area contributed by atoms with Crippen molar-refractivity contribution in [3.05, 3.63) is 35.6 Å². The zero-order valence-electron chi connectivity index (χ0n) is 7.14. The zero-order chi connectivity index (χ0) is 10.1. The SMILES string of the molecule is FC(F)c1c(CCl)oc2ccccc12. The molecule has 1 nitrogen and oxygen atoms in total. The fourth-order valence-electron chi connectivity index (χ4n) is 1.45. The van der Waals surface area contributed by atoms with Gasteiger partial charge in [0.1, 0.15) is 11.3 Å². The van der Waals surface area contributed by atoms with Crippen molar-refractivity contribution in [3.63, 3.8) is 0 Å². The molecule has 0 aliphatic carbocycles. The van der Waals surface area contributed by atoms with Crippen molar-refractivity contribution in [3.8, 4) is 0 Å². The van der Waals surface area contributed by atoms with Crippen LogP contribution in [-0.2, 0) is 5.88 Å². The Bertz CT molecular complexity index is 450. The number of alkyl halides is 3. The Labute approximate surface area is 84.3 Å². The lowest BCUT2D eigenvalue weighted by Gasteiger charge is -1.97. The standard InChI is InChI=1S/C10H7ClF2O/c11-5-8-9(10(12)13)6-3-1-2-4-7(6)14-8/h1-4,10H,5H2. The van der Waals surface area contributed by atoms with Gasteiger partial charge < -0.3 is 4.42 Å². The zero-order valence-corrected chi connectivity index (χ0v) is 7.89. The average Bonchev–Trinajstić information content (AvgIpc) is 2.55. The van der Waals surface area contributed by atoms with Crippen molar-refractivity contribution in [2.75, 3.05) is 0 Å². The predicted octanol–water partition coefficient (Wildman–Crippen LogP) is 4.11. The third-order valence-corrected chi connectivity index (χ3v) is 2.29. The van der Waals surface area contributed by atoms with Crippen LogP contribution in [0.3, 0.4) is 0 Å². The molecule has 0 bridgehead atoms. The van der Waals surface area contributed by atoms with Gasteiger partial charge in [-0.3, -0.25) is 0 Å². The smallest absolute Gasteiger partial charge is 0.267 e. The van der Waals surface area contributed by atoms with E-state index in [2.05, 4.69) is 0 Å². The molecular formula is C10H7ClF2O. The summed E-state index contributed by atoms with van der Waals surface area (Å²) in [5, 5.41) is 0.443. The monoisotopic (exact) mass is 216 g/mol. The molecule has 0 N–H and O–H groups in total. The number of fused-ring (bicyclic) bond motifs is 1. The minimum atomic E-state index is -2.55. The highest BCUT2D eigenvalue weighted by atomic mass is 35.5. The van der Waals surface area contributed by atoms with Crippen molar-refractivity contribution < 1.29 is 13.2 Å². The molecule has 0 saturated heterocycles. The molecule has 0 spiro atoms. The maximum atomic E-state index is 12.7. The minimum absolute atomic E-state index is 0.0334. The van der Waals surface area contributed by atoms with Crippen molar-refractivity contribution in [2.45, 2.75) is 12.3 Å². The normalized spacial score (nSPS) is 11.4. The van der Waals surface area contributed by atoms with E-state index in [9.17, 15) is 8.78 Å². The number of halogens is 3. The van der Waals surface area contributed by atoms with E-state index in [1.165, 1.54) is 0 Å². The summed E-state index contributed by atoms with van der Waals surface area (Å²) in [7, 11) is 0. The molecule has 0 aliphatic heterocycles. The molecule has 2 aromatic rings. The number of hydrogen-bond acceptors (Lipinski definition) is 1. The summed E-state index contributed by atoms with van der Waals surface area (Å²) >= 11 is 5.52. The second-order valence-corrected chi connectivity index (χ2v) is 3.14. The van der Waals surface area contributed by atoms with Crippen LogP contribution in [-0.4, -0.2) is 0 Å². The van der Waals surface area contributed by atoms with Gasteiger partial charge in [0, 0.05) is 5.39 Å². The van der Waals surface area contributed by atoms with Crippen molar-refractivity contribution in [2.24, 2.45) is 0 Å². The second-order valence-electron chi connectivity index (χ2n) is 2.87. The Balaban J connectivity index is 2.74. The highest BCUT2D eigenvalue weighted by Crippen LogP contribution is 2.34. The Kier molecular flexibility index (Phi) is 2.42. The van der Waals surface area contributed by atoms with Gasteiger partial charge in [0.25, 0.3) is 6.43 Å². The van der Waals surface area contributed by atoms with E-state index in [0.717, 1.165) is 0 Å². The van der Waals surface area contributed by atoms with Gasteiger partial charge in [0.05, 0.1) is 11.4 Å². The molecule has 14 heavy (non-hydrogen) atoms. The molecule has 1 heterocycles. The summed E-state index contributed by atoms with van der Waals surface area (Å²) in [6.07, 6.45) is -2.55. The van der Waals surface area contributed by atoms with Gasteiger partial charge >= 0.3 is 0 Å². The maximum absolute atomic E-state index is 12.7. The van der Waals surface area contributed by atoms with Gasteiger partial charge in [-0.05, 0) is 6.07 Å². The van der Waals surface area contributed by atoms with E-state index < -0.39 is 6.43 Å². The summed E-state index contributed by atoms with van der Waals surface area (Å²) in [6, 6.07) is 6.69. The Morgan fingerprint density at radius 3 is 2.64 bits per heavy atom. The minimum Gasteiger partial charge on any atom is -0.459 e. The van der Waals surface area contributed by atoms with Gasteiger partial charge in [-0.15, -0.1) is 11.6 Å². The largest absolute Gasteiger partial charge is 0.459 e. The molecule has 4 heteroatoms. The van der Waals surface area contributed by atoms with E-state index >= 15 is 0 Å². The van der Waals surface area contributed by atoms with Crippen LogP contribution in [0.25, 0.3) is 11.0 Å². The van der Waals surface area contributed by atoms with Gasteiger partial charge in [0.15, 0.2) is 0 Å². The van der Waals surface area contributed by atoms with Gasteiger partial charge in [-0.25, -0.2) is 8.78 Å². The summed E-state index contributed by atoms with van der Waals surface area (Å²) in [5.41, 5.74) is 0.369. The van der Waals surface area contributed by atoms with Crippen LogP contribution < -0.4 is 0 Å². The third kappa shape index (κ3) is 1.38. The first-order valence-electron chi connectivity index (χ1n) is 4.08. The van der Waals surface area contributed by atoms with Gasteiger partial charge in [-0.1, -0.05) is 18.2 Å². The molecule has 0 unspecified atom stereocenters. The highest BCUT2D eigenvalue weighted by molar-refractivity contribution is 6.17. The summed E-state index contributed by atoms with van der Waals surface area (Å²) in [5.74, 6) is 0.122. The Morgan fingerprint density at radius 1 is 1.29 bits per heavy atom. The number of para-hydroxylation sites is 1. The summed E-state index contributed by atoms with van der Waals surface area (Å²) in [6.45, 7) is 0. The highest BCUT2D eigenvalue weighted by Gasteiger charge is 2.20. The summed E-state index contributed by atoms with van der Waals surface area (Å²) < 4.78 is 30.5. The molecular weight excluding hydrogens is 210 g/mol. The lowest BCUT2D eigenvalue weighted by atomic mass is 10.1. The topological polar surface area (TPSA) is 13.1 Å². The fourth-order valence-corrected chi connectivity index (χ4v) is 1.65.